The predicted molar refractivity (Wildman–Crippen MR) is 160 cm³/mol. The molecule has 1 aromatic heterocycles. The lowest BCUT2D eigenvalue weighted by Crippen LogP contribution is -2.39. The van der Waals surface area contributed by atoms with E-state index in [0.717, 1.165) is 0 Å². The fraction of sp³-hybridized carbons (Fsp3) is 0.281. The summed E-state index contributed by atoms with van der Waals surface area (Å²) in [7, 11) is 0. The number of benzene rings is 2. The second kappa shape index (κ2) is 13.4. The third kappa shape index (κ3) is 7.41. The molecule has 3 aromatic rings. The zero-order valence-corrected chi connectivity index (χ0v) is 24.8. The lowest BCUT2D eigenvalue weighted by Gasteiger charge is -2.24. The van der Waals surface area contributed by atoms with E-state index in [1.165, 1.54) is 0 Å². The van der Waals surface area contributed by atoms with Crippen molar-refractivity contribution in [3.63, 3.8) is 0 Å². The van der Waals surface area contributed by atoms with Gasteiger partial charge in [0.1, 0.15) is 18.1 Å². The topological polar surface area (TPSA) is 110 Å². The predicted octanol–water partition coefficient (Wildman–Crippen LogP) is 5.07. The molecular formula is C32H34ClN4O5+. The van der Waals surface area contributed by atoms with E-state index < -0.39 is 5.41 Å². The van der Waals surface area contributed by atoms with Gasteiger partial charge in [0.25, 0.3) is 5.91 Å². The average molecular weight is 590 g/mol. The SMILES string of the molecule is CCOc1ccc(Cl)cc1C(=O)NCC(C)(C)CC(=O)NC1=C(COc2cccnc2)C(C)=[N+](c2ccccc2)C1=O. The molecule has 42 heavy (non-hydrogen) atoms. The molecule has 2 aromatic carbocycles. The molecule has 0 saturated carbocycles. The van der Waals surface area contributed by atoms with Crippen LogP contribution in [0.3, 0.4) is 0 Å². The standard InChI is InChI=1S/C32H33ClN4O5/c1-5-41-27-14-13-22(33)16-25(27)30(39)35-20-32(3,4)17-28(38)36-29-26(19-42-24-12-9-15-34-18-24)21(2)37(31(29)40)23-10-7-6-8-11-23/h6-16,18H,5,17,19-20H2,1-4H3,(H,35,39)/p+1. The Balaban J connectivity index is 1.48. The number of hydrogen-bond acceptors (Lipinski definition) is 6. The number of ether oxygens (including phenoxy) is 2. The first-order chi connectivity index (χ1) is 20.1. The van der Waals surface area contributed by atoms with E-state index in [1.807, 2.05) is 58.0 Å². The Hall–Kier alpha value is -4.50. The van der Waals surface area contributed by atoms with Crippen molar-refractivity contribution in [2.75, 3.05) is 19.8 Å². The number of pyridine rings is 1. The van der Waals surface area contributed by atoms with Crippen LogP contribution >= 0.6 is 11.6 Å². The number of nitrogens with one attached hydrogen (secondary N) is 2. The van der Waals surface area contributed by atoms with Crippen LogP contribution in [0.2, 0.25) is 5.02 Å². The molecule has 1 aliphatic heterocycles. The third-order valence-corrected chi connectivity index (χ3v) is 6.88. The first-order valence-electron chi connectivity index (χ1n) is 13.6. The fourth-order valence-electron chi connectivity index (χ4n) is 4.55. The second-order valence-electron chi connectivity index (χ2n) is 10.5. The van der Waals surface area contributed by atoms with Crippen molar-refractivity contribution in [1.82, 2.24) is 15.6 Å². The molecule has 1 aliphatic rings. The van der Waals surface area contributed by atoms with E-state index in [0.29, 0.717) is 45.7 Å². The van der Waals surface area contributed by atoms with Gasteiger partial charge in [-0.2, -0.15) is 0 Å². The van der Waals surface area contributed by atoms with Crippen LogP contribution in [0.15, 0.2) is 84.3 Å². The highest BCUT2D eigenvalue weighted by atomic mass is 35.5. The van der Waals surface area contributed by atoms with Crippen molar-refractivity contribution in [3.05, 3.63) is 94.9 Å². The van der Waals surface area contributed by atoms with Crippen LogP contribution in [0.1, 0.15) is 44.5 Å². The minimum atomic E-state index is -0.642. The number of para-hydroxylation sites is 1. The quantitative estimate of drug-likeness (QED) is 0.285. The molecule has 0 bridgehead atoms. The zero-order chi connectivity index (χ0) is 30.3. The maximum atomic E-state index is 13.6. The first-order valence-corrected chi connectivity index (χ1v) is 14.0. The van der Waals surface area contributed by atoms with E-state index in [9.17, 15) is 14.4 Å². The van der Waals surface area contributed by atoms with Crippen molar-refractivity contribution >= 4 is 40.7 Å². The Bertz CT molecular complexity index is 1530. The van der Waals surface area contributed by atoms with Crippen molar-refractivity contribution < 1.29 is 28.4 Å². The number of rotatable bonds is 12. The molecule has 9 nitrogen and oxygen atoms in total. The molecular weight excluding hydrogens is 556 g/mol. The Morgan fingerprint density at radius 3 is 2.50 bits per heavy atom. The highest BCUT2D eigenvalue weighted by Crippen LogP contribution is 2.27. The highest BCUT2D eigenvalue weighted by Gasteiger charge is 2.41. The molecule has 218 valence electrons. The van der Waals surface area contributed by atoms with Crippen molar-refractivity contribution in [1.29, 1.82) is 0 Å². The van der Waals surface area contributed by atoms with E-state index in [4.69, 9.17) is 21.1 Å². The van der Waals surface area contributed by atoms with Crippen LogP contribution in [0.5, 0.6) is 11.5 Å². The summed E-state index contributed by atoms with van der Waals surface area (Å²) >= 11 is 6.10. The van der Waals surface area contributed by atoms with Crippen LogP contribution in [-0.2, 0) is 9.59 Å². The number of hydrogen-bond donors (Lipinski definition) is 2. The van der Waals surface area contributed by atoms with Crippen molar-refractivity contribution in [2.24, 2.45) is 5.41 Å². The summed E-state index contributed by atoms with van der Waals surface area (Å²) in [6, 6.07) is 17.6. The molecule has 0 radical (unpaired) electrons. The number of halogens is 1. The molecule has 2 N–H and O–H groups in total. The maximum Gasteiger partial charge on any atom is 0.442 e. The van der Waals surface area contributed by atoms with Crippen LogP contribution in [0, 0.1) is 5.41 Å². The minimum absolute atomic E-state index is 0.0407. The van der Waals surface area contributed by atoms with Gasteiger partial charge >= 0.3 is 5.91 Å². The van der Waals surface area contributed by atoms with Gasteiger partial charge < -0.3 is 20.1 Å². The van der Waals surface area contributed by atoms with Gasteiger partial charge in [-0.1, -0.05) is 43.6 Å². The first kappa shape index (κ1) is 30.5. The molecule has 3 amide bonds. The summed E-state index contributed by atoms with van der Waals surface area (Å²) in [5.74, 6) is -0.110. The molecule has 0 spiro atoms. The van der Waals surface area contributed by atoms with Gasteiger partial charge in [-0.3, -0.25) is 14.6 Å². The fourth-order valence-corrected chi connectivity index (χ4v) is 4.72. The number of carbonyl (C=O) groups is 3. The van der Waals surface area contributed by atoms with Gasteiger partial charge in [-0.15, -0.1) is 4.58 Å². The largest absolute Gasteiger partial charge is 0.493 e. The summed E-state index contributed by atoms with van der Waals surface area (Å²) in [5.41, 5.74) is 1.73. The van der Waals surface area contributed by atoms with Crippen molar-refractivity contribution in [3.8, 4) is 11.5 Å². The Morgan fingerprint density at radius 2 is 1.81 bits per heavy atom. The van der Waals surface area contributed by atoms with Crippen LogP contribution < -0.4 is 20.1 Å². The molecule has 10 heteroatoms. The van der Waals surface area contributed by atoms with E-state index in [-0.39, 0.29) is 43.0 Å². The van der Waals surface area contributed by atoms with Gasteiger partial charge in [0.2, 0.25) is 11.6 Å². The van der Waals surface area contributed by atoms with Crippen LogP contribution in [0.25, 0.3) is 0 Å². The Morgan fingerprint density at radius 1 is 1.05 bits per heavy atom. The number of amides is 3. The molecule has 0 unspecified atom stereocenters. The Kier molecular flexibility index (Phi) is 9.75. The van der Waals surface area contributed by atoms with Gasteiger partial charge in [-0.05, 0) is 42.7 Å². The number of nitrogens with zero attached hydrogens (tertiary/aromatic N) is 2. The van der Waals surface area contributed by atoms with Crippen LogP contribution in [0.4, 0.5) is 5.69 Å². The van der Waals surface area contributed by atoms with Gasteiger partial charge in [-0.25, -0.2) is 4.79 Å². The molecule has 2 heterocycles. The van der Waals surface area contributed by atoms with Crippen molar-refractivity contribution in [2.45, 2.75) is 34.1 Å². The second-order valence-corrected chi connectivity index (χ2v) is 11.0. The lowest BCUT2D eigenvalue weighted by atomic mass is 9.88. The summed E-state index contributed by atoms with van der Waals surface area (Å²) < 4.78 is 13.0. The van der Waals surface area contributed by atoms with Gasteiger partial charge in [0, 0.05) is 43.2 Å². The number of aromatic nitrogens is 1. The van der Waals surface area contributed by atoms with Crippen LogP contribution in [-0.4, -0.2) is 52.8 Å². The molecule has 4 rings (SSSR count). The van der Waals surface area contributed by atoms with E-state index in [1.54, 1.807) is 47.3 Å². The monoisotopic (exact) mass is 589 g/mol. The molecule has 0 aliphatic carbocycles. The zero-order valence-electron chi connectivity index (χ0n) is 24.1. The van der Waals surface area contributed by atoms with Gasteiger partial charge in [0.05, 0.1) is 23.9 Å². The summed E-state index contributed by atoms with van der Waals surface area (Å²) in [5, 5.41) is 6.13. The lowest BCUT2D eigenvalue weighted by molar-refractivity contribution is -0.359. The minimum Gasteiger partial charge on any atom is -0.493 e. The molecule has 0 atom stereocenters. The molecule has 0 saturated heterocycles. The molecule has 0 fully saturated rings. The maximum absolute atomic E-state index is 13.6. The van der Waals surface area contributed by atoms with E-state index >= 15 is 0 Å². The summed E-state index contributed by atoms with van der Waals surface area (Å²) in [6.45, 7) is 8.02. The average Bonchev–Trinajstić information content (AvgIpc) is 3.20. The smallest absolute Gasteiger partial charge is 0.442 e. The third-order valence-electron chi connectivity index (χ3n) is 6.64. The van der Waals surface area contributed by atoms with Gasteiger partial charge in [0.15, 0.2) is 11.4 Å². The summed E-state index contributed by atoms with van der Waals surface area (Å²) in [4.78, 5) is 43.9. The van der Waals surface area contributed by atoms with E-state index in [2.05, 4.69) is 15.6 Å². The number of carbonyl (C=O) groups excluding carboxylic acids is 3. The summed E-state index contributed by atoms with van der Waals surface area (Å²) in [6.07, 6.45) is 3.26. The Labute approximate surface area is 250 Å². The normalized spacial score (nSPS) is 13.3. The highest BCUT2D eigenvalue weighted by molar-refractivity contribution is 6.31.